The Morgan fingerprint density at radius 3 is 3.00 bits per heavy atom. The first kappa shape index (κ1) is 9.15. The van der Waals surface area contributed by atoms with Crippen LogP contribution in [0.2, 0.25) is 0 Å². The molecular formula is C9H6ClFN2O. The highest BCUT2D eigenvalue weighted by molar-refractivity contribution is 6.17. The molecule has 0 aliphatic carbocycles. The smallest absolute Gasteiger partial charge is 0.262 e. The normalized spacial score (nSPS) is 10.7. The van der Waals surface area contributed by atoms with Crippen molar-refractivity contribution < 1.29 is 4.39 Å². The molecule has 2 rings (SSSR count). The highest BCUT2D eigenvalue weighted by atomic mass is 35.5. The number of pyridine rings is 1. The molecule has 0 saturated heterocycles. The standard InChI is InChI=1S/C9H6ClFN2O/c10-3-6-4-12-8-2-1-7(11)5-13(8)9(6)14/h1-2,4-5H,3H2. The van der Waals surface area contributed by atoms with Crippen molar-refractivity contribution in [2.24, 2.45) is 0 Å². The summed E-state index contributed by atoms with van der Waals surface area (Å²) in [6.45, 7) is 0. The number of alkyl halides is 1. The molecule has 72 valence electrons. The molecular weight excluding hydrogens is 207 g/mol. The van der Waals surface area contributed by atoms with Gasteiger partial charge in [-0.2, -0.15) is 0 Å². The number of hydrogen-bond acceptors (Lipinski definition) is 2. The van der Waals surface area contributed by atoms with Crippen LogP contribution in [0.4, 0.5) is 4.39 Å². The lowest BCUT2D eigenvalue weighted by atomic mass is 10.3. The molecule has 0 atom stereocenters. The van der Waals surface area contributed by atoms with Crippen molar-refractivity contribution in [3.63, 3.8) is 0 Å². The maximum Gasteiger partial charge on any atom is 0.262 e. The van der Waals surface area contributed by atoms with E-state index in [2.05, 4.69) is 4.98 Å². The second-order valence-corrected chi connectivity index (χ2v) is 3.07. The fourth-order valence-corrected chi connectivity index (χ4v) is 1.36. The number of halogens is 2. The minimum Gasteiger partial charge on any atom is -0.269 e. The quantitative estimate of drug-likeness (QED) is 0.673. The molecule has 0 aromatic carbocycles. The summed E-state index contributed by atoms with van der Waals surface area (Å²) in [5.41, 5.74) is 0.435. The average Bonchev–Trinajstić information content (AvgIpc) is 2.20. The van der Waals surface area contributed by atoms with E-state index >= 15 is 0 Å². The third kappa shape index (κ3) is 1.37. The van der Waals surface area contributed by atoms with Crippen LogP contribution >= 0.6 is 11.6 Å². The number of rotatable bonds is 1. The molecule has 2 aromatic rings. The van der Waals surface area contributed by atoms with E-state index in [0.29, 0.717) is 11.2 Å². The van der Waals surface area contributed by atoms with Crippen LogP contribution in [0.1, 0.15) is 5.56 Å². The molecule has 0 radical (unpaired) electrons. The van der Waals surface area contributed by atoms with E-state index in [0.717, 1.165) is 10.6 Å². The van der Waals surface area contributed by atoms with Gasteiger partial charge in [0.15, 0.2) is 0 Å². The van der Waals surface area contributed by atoms with Crippen molar-refractivity contribution in [2.45, 2.75) is 5.88 Å². The Balaban J connectivity index is 2.87. The number of hydrogen-bond donors (Lipinski definition) is 0. The van der Waals surface area contributed by atoms with Crippen LogP contribution in [0.5, 0.6) is 0 Å². The molecule has 0 aliphatic rings. The number of nitrogens with zero attached hydrogens (tertiary/aromatic N) is 2. The lowest BCUT2D eigenvalue weighted by Crippen LogP contribution is -2.18. The van der Waals surface area contributed by atoms with Gasteiger partial charge in [0.05, 0.1) is 11.4 Å². The van der Waals surface area contributed by atoms with Gasteiger partial charge in [0.25, 0.3) is 5.56 Å². The largest absolute Gasteiger partial charge is 0.269 e. The molecule has 2 aromatic heterocycles. The van der Waals surface area contributed by atoms with Gasteiger partial charge in [-0.3, -0.25) is 9.20 Å². The summed E-state index contributed by atoms with van der Waals surface area (Å²) in [6, 6.07) is 2.69. The Bertz CT molecular complexity index is 538. The average molecular weight is 213 g/mol. The minimum atomic E-state index is -0.479. The molecule has 0 bridgehead atoms. The van der Waals surface area contributed by atoms with Crippen LogP contribution in [0.15, 0.2) is 29.3 Å². The van der Waals surface area contributed by atoms with Crippen LogP contribution in [0.3, 0.4) is 0 Å². The maximum absolute atomic E-state index is 12.8. The molecule has 0 aliphatic heterocycles. The molecule has 14 heavy (non-hydrogen) atoms. The summed E-state index contributed by atoms with van der Waals surface area (Å²) in [5, 5.41) is 0. The highest BCUT2D eigenvalue weighted by Gasteiger charge is 2.03. The second kappa shape index (κ2) is 3.38. The summed E-state index contributed by atoms with van der Waals surface area (Å²) in [6.07, 6.45) is 2.50. The van der Waals surface area contributed by atoms with Gasteiger partial charge < -0.3 is 0 Å². The van der Waals surface area contributed by atoms with E-state index in [1.165, 1.54) is 18.3 Å². The Kier molecular flexibility index (Phi) is 2.21. The highest BCUT2D eigenvalue weighted by Crippen LogP contribution is 2.02. The Labute approximate surface area is 83.8 Å². The zero-order valence-corrected chi connectivity index (χ0v) is 7.83. The van der Waals surface area contributed by atoms with Crippen LogP contribution in [0, 0.1) is 5.82 Å². The van der Waals surface area contributed by atoms with Gasteiger partial charge in [0, 0.05) is 12.4 Å². The summed E-state index contributed by atoms with van der Waals surface area (Å²) in [4.78, 5) is 15.5. The molecule has 0 saturated carbocycles. The first-order valence-corrected chi connectivity index (χ1v) is 4.47. The predicted molar refractivity (Wildman–Crippen MR) is 51.0 cm³/mol. The molecule has 0 N–H and O–H groups in total. The monoisotopic (exact) mass is 212 g/mol. The van der Waals surface area contributed by atoms with Gasteiger partial charge in [0.1, 0.15) is 11.5 Å². The van der Waals surface area contributed by atoms with E-state index in [4.69, 9.17) is 11.6 Å². The summed E-state index contributed by atoms with van der Waals surface area (Å²) in [5.74, 6) is -0.404. The summed E-state index contributed by atoms with van der Waals surface area (Å²) < 4.78 is 14.0. The zero-order chi connectivity index (χ0) is 10.1. The first-order valence-electron chi connectivity index (χ1n) is 3.94. The predicted octanol–water partition coefficient (Wildman–Crippen LogP) is 1.57. The first-order chi connectivity index (χ1) is 6.72. The van der Waals surface area contributed by atoms with Crippen molar-refractivity contribution in [2.75, 3.05) is 0 Å². The van der Waals surface area contributed by atoms with E-state index < -0.39 is 5.82 Å². The molecule has 2 heterocycles. The molecule has 3 nitrogen and oxygen atoms in total. The van der Waals surface area contributed by atoms with E-state index in [1.807, 2.05) is 0 Å². The fraction of sp³-hybridized carbons (Fsp3) is 0.111. The minimum absolute atomic E-state index is 0.0747. The lowest BCUT2D eigenvalue weighted by Gasteiger charge is -2.00. The zero-order valence-electron chi connectivity index (χ0n) is 7.08. The molecule has 5 heteroatoms. The van der Waals surface area contributed by atoms with Gasteiger partial charge in [-0.05, 0) is 12.1 Å². The molecule has 0 fully saturated rings. The number of fused-ring (bicyclic) bond motifs is 1. The second-order valence-electron chi connectivity index (χ2n) is 2.80. The van der Waals surface area contributed by atoms with Crippen LogP contribution in [0.25, 0.3) is 5.65 Å². The van der Waals surface area contributed by atoms with Gasteiger partial charge in [-0.25, -0.2) is 9.37 Å². The van der Waals surface area contributed by atoms with E-state index in [1.54, 1.807) is 0 Å². The van der Waals surface area contributed by atoms with Gasteiger partial charge >= 0.3 is 0 Å². The van der Waals surface area contributed by atoms with Gasteiger partial charge in [0.2, 0.25) is 0 Å². The van der Waals surface area contributed by atoms with Crippen LogP contribution < -0.4 is 5.56 Å². The number of aromatic nitrogens is 2. The van der Waals surface area contributed by atoms with Gasteiger partial charge in [-0.15, -0.1) is 11.6 Å². The Morgan fingerprint density at radius 1 is 1.50 bits per heavy atom. The summed E-state index contributed by atoms with van der Waals surface area (Å²) >= 11 is 5.53. The summed E-state index contributed by atoms with van der Waals surface area (Å²) in [7, 11) is 0. The lowest BCUT2D eigenvalue weighted by molar-refractivity contribution is 0.617. The Hall–Kier alpha value is -1.42. The van der Waals surface area contributed by atoms with Crippen molar-refractivity contribution >= 4 is 17.2 Å². The van der Waals surface area contributed by atoms with Crippen molar-refractivity contribution in [1.82, 2.24) is 9.38 Å². The van der Waals surface area contributed by atoms with Crippen molar-refractivity contribution in [1.29, 1.82) is 0 Å². The van der Waals surface area contributed by atoms with Crippen molar-refractivity contribution in [3.8, 4) is 0 Å². The molecule has 0 spiro atoms. The fourth-order valence-electron chi connectivity index (χ4n) is 1.18. The van der Waals surface area contributed by atoms with E-state index in [9.17, 15) is 9.18 Å². The van der Waals surface area contributed by atoms with E-state index in [-0.39, 0.29) is 11.4 Å². The third-order valence-corrected chi connectivity index (χ3v) is 2.17. The van der Waals surface area contributed by atoms with Gasteiger partial charge in [-0.1, -0.05) is 0 Å². The molecule has 0 amide bonds. The van der Waals surface area contributed by atoms with Crippen molar-refractivity contribution in [3.05, 3.63) is 46.3 Å². The van der Waals surface area contributed by atoms with Crippen LogP contribution in [-0.4, -0.2) is 9.38 Å². The third-order valence-electron chi connectivity index (χ3n) is 1.88. The Morgan fingerprint density at radius 2 is 2.29 bits per heavy atom. The SMILES string of the molecule is O=c1c(CCl)cnc2ccc(F)cn12. The maximum atomic E-state index is 12.8. The topological polar surface area (TPSA) is 34.4 Å². The molecule has 0 unspecified atom stereocenters. The van der Waals surface area contributed by atoms with Crippen LogP contribution in [-0.2, 0) is 5.88 Å².